The third-order valence-corrected chi connectivity index (χ3v) is 2.51. The zero-order valence-corrected chi connectivity index (χ0v) is 7.16. The Morgan fingerprint density at radius 3 is 3.00 bits per heavy atom. The first-order valence-corrected chi connectivity index (χ1v) is 4.30. The van der Waals surface area contributed by atoms with Gasteiger partial charge in [-0.3, -0.25) is 0 Å². The number of carbonyl (C=O) groups is 1. The number of fused-ring (bicyclic) bond motifs is 1. The smallest absolute Gasteiger partial charge is 0.335 e. The second kappa shape index (κ2) is 2.85. The van der Waals surface area contributed by atoms with Crippen LogP contribution in [-0.4, -0.2) is 11.1 Å². The van der Waals surface area contributed by atoms with Gasteiger partial charge in [-0.25, -0.2) is 4.79 Å². The molecular formula is C10H11NO2. The van der Waals surface area contributed by atoms with E-state index in [9.17, 15) is 4.79 Å². The quantitative estimate of drug-likeness (QED) is 0.680. The van der Waals surface area contributed by atoms with Gasteiger partial charge in [0.1, 0.15) is 0 Å². The van der Waals surface area contributed by atoms with Crippen molar-refractivity contribution in [1.29, 1.82) is 0 Å². The van der Waals surface area contributed by atoms with Crippen molar-refractivity contribution in [3.63, 3.8) is 0 Å². The Bertz CT molecular complexity index is 360. The molecule has 2 rings (SSSR count). The summed E-state index contributed by atoms with van der Waals surface area (Å²) in [7, 11) is 0. The SMILES string of the molecule is N[C@H]1CCc2cc(C(=O)O)ccc21. The first-order valence-electron chi connectivity index (χ1n) is 4.30. The normalized spacial score (nSPS) is 19.9. The molecule has 0 aliphatic heterocycles. The van der Waals surface area contributed by atoms with Gasteiger partial charge >= 0.3 is 5.97 Å². The summed E-state index contributed by atoms with van der Waals surface area (Å²) in [4.78, 5) is 10.7. The second-order valence-electron chi connectivity index (χ2n) is 3.36. The van der Waals surface area contributed by atoms with E-state index in [4.69, 9.17) is 10.8 Å². The zero-order chi connectivity index (χ0) is 9.42. The summed E-state index contributed by atoms with van der Waals surface area (Å²) in [6.07, 6.45) is 1.83. The molecule has 0 unspecified atom stereocenters. The predicted octanol–water partition coefficient (Wildman–Crippen LogP) is 1.33. The lowest BCUT2D eigenvalue weighted by Gasteiger charge is -2.04. The Hall–Kier alpha value is -1.35. The van der Waals surface area contributed by atoms with E-state index in [1.807, 2.05) is 6.07 Å². The highest BCUT2D eigenvalue weighted by Gasteiger charge is 2.19. The lowest BCUT2D eigenvalue weighted by atomic mass is 10.1. The van der Waals surface area contributed by atoms with E-state index in [0.717, 1.165) is 24.0 Å². The average Bonchev–Trinajstić information content (AvgIpc) is 2.47. The maximum atomic E-state index is 10.7. The molecule has 0 aromatic heterocycles. The van der Waals surface area contributed by atoms with Gasteiger partial charge in [-0.1, -0.05) is 6.07 Å². The summed E-state index contributed by atoms with van der Waals surface area (Å²) in [5.41, 5.74) is 8.37. The van der Waals surface area contributed by atoms with Crippen molar-refractivity contribution in [3.8, 4) is 0 Å². The third-order valence-electron chi connectivity index (χ3n) is 2.51. The lowest BCUT2D eigenvalue weighted by Crippen LogP contribution is -2.05. The summed E-state index contributed by atoms with van der Waals surface area (Å²) < 4.78 is 0. The molecule has 0 radical (unpaired) electrons. The van der Waals surface area contributed by atoms with Crippen LogP contribution in [0.5, 0.6) is 0 Å². The van der Waals surface area contributed by atoms with Crippen LogP contribution < -0.4 is 5.73 Å². The number of carboxylic acids is 1. The molecule has 13 heavy (non-hydrogen) atoms. The zero-order valence-electron chi connectivity index (χ0n) is 7.16. The maximum Gasteiger partial charge on any atom is 0.335 e. The Morgan fingerprint density at radius 2 is 2.31 bits per heavy atom. The molecule has 3 N–H and O–H groups in total. The van der Waals surface area contributed by atoms with E-state index >= 15 is 0 Å². The molecule has 0 saturated carbocycles. The van der Waals surface area contributed by atoms with Gasteiger partial charge in [0.15, 0.2) is 0 Å². The molecule has 0 spiro atoms. The molecule has 1 aromatic rings. The maximum absolute atomic E-state index is 10.7. The van der Waals surface area contributed by atoms with E-state index in [1.54, 1.807) is 12.1 Å². The Kier molecular flexibility index (Phi) is 1.81. The Labute approximate surface area is 76.2 Å². The van der Waals surface area contributed by atoms with Crippen molar-refractivity contribution in [3.05, 3.63) is 34.9 Å². The lowest BCUT2D eigenvalue weighted by molar-refractivity contribution is 0.0697. The fourth-order valence-electron chi connectivity index (χ4n) is 1.78. The topological polar surface area (TPSA) is 63.3 Å². The molecule has 0 fully saturated rings. The average molecular weight is 177 g/mol. The standard InChI is InChI=1S/C10H11NO2/c11-9-4-2-6-5-7(10(12)13)1-3-8(6)9/h1,3,5,9H,2,4,11H2,(H,12,13)/t9-/m0/s1. The van der Waals surface area contributed by atoms with Gasteiger partial charge < -0.3 is 10.8 Å². The number of rotatable bonds is 1. The number of aromatic carboxylic acids is 1. The Morgan fingerprint density at radius 1 is 1.54 bits per heavy atom. The fourth-order valence-corrected chi connectivity index (χ4v) is 1.78. The van der Waals surface area contributed by atoms with E-state index in [1.165, 1.54) is 0 Å². The second-order valence-corrected chi connectivity index (χ2v) is 3.36. The van der Waals surface area contributed by atoms with Crippen molar-refractivity contribution in [2.75, 3.05) is 0 Å². The van der Waals surface area contributed by atoms with Crippen LogP contribution in [0, 0.1) is 0 Å². The number of carboxylic acid groups (broad SMARTS) is 1. The number of aryl methyl sites for hydroxylation is 1. The number of benzene rings is 1. The summed E-state index contributed by atoms with van der Waals surface area (Å²) in [6, 6.07) is 5.27. The number of hydrogen-bond donors (Lipinski definition) is 2. The van der Waals surface area contributed by atoms with Gasteiger partial charge in [0.25, 0.3) is 0 Å². The third kappa shape index (κ3) is 1.31. The molecule has 1 aliphatic rings. The van der Waals surface area contributed by atoms with E-state index in [-0.39, 0.29) is 6.04 Å². The van der Waals surface area contributed by atoms with E-state index in [0.29, 0.717) is 5.56 Å². The van der Waals surface area contributed by atoms with Gasteiger partial charge in [0, 0.05) is 6.04 Å². The van der Waals surface area contributed by atoms with Gasteiger partial charge in [-0.05, 0) is 36.1 Å². The summed E-state index contributed by atoms with van der Waals surface area (Å²) in [5, 5.41) is 8.75. The van der Waals surface area contributed by atoms with E-state index in [2.05, 4.69) is 0 Å². The van der Waals surface area contributed by atoms with Crippen LogP contribution in [0.25, 0.3) is 0 Å². The molecule has 0 amide bonds. The summed E-state index contributed by atoms with van der Waals surface area (Å²) in [6.45, 7) is 0. The molecule has 1 aromatic carbocycles. The van der Waals surface area contributed by atoms with Crippen LogP contribution in [0.2, 0.25) is 0 Å². The Balaban J connectivity index is 2.45. The van der Waals surface area contributed by atoms with Crippen LogP contribution in [0.4, 0.5) is 0 Å². The highest BCUT2D eigenvalue weighted by atomic mass is 16.4. The molecule has 68 valence electrons. The van der Waals surface area contributed by atoms with Crippen molar-refractivity contribution < 1.29 is 9.90 Å². The van der Waals surface area contributed by atoms with Gasteiger partial charge in [-0.2, -0.15) is 0 Å². The largest absolute Gasteiger partial charge is 0.478 e. The summed E-state index contributed by atoms with van der Waals surface area (Å²) in [5.74, 6) is -0.872. The molecule has 0 saturated heterocycles. The van der Waals surface area contributed by atoms with Crippen molar-refractivity contribution in [2.24, 2.45) is 5.73 Å². The molecule has 0 heterocycles. The van der Waals surface area contributed by atoms with Crippen LogP contribution in [-0.2, 0) is 6.42 Å². The van der Waals surface area contributed by atoms with Gasteiger partial charge in [0.2, 0.25) is 0 Å². The van der Waals surface area contributed by atoms with Gasteiger partial charge in [0.05, 0.1) is 5.56 Å². The van der Waals surface area contributed by atoms with Crippen molar-refractivity contribution in [1.82, 2.24) is 0 Å². The van der Waals surface area contributed by atoms with Crippen LogP contribution in [0.15, 0.2) is 18.2 Å². The van der Waals surface area contributed by atoms with Crippen LogP contribution in [0.1, 0.15) is 33.9 Å². The molecule has 1 atom stereocenters. The highest BCUT2D eigenvalue weighted by molar-refractivity contribution is 5.88. The van der Waals surface area contributed by atoms with Gasteiger partial charge in [-0.15, -0.1) is 0 Å². The first kappa shape index (κ1) is 8.26. The minimum absolute atomic E-state index is 0.0952. The monoisotopic (exact) mass is 177 g/mol. The van der Waals surface area contributed by atoms with Crippen LogP contribution in [0.3, 0.4) is 0 Å². The first-order chi connectivity index (χ1) is 6.18. The molecular weight excluding hydrogens is 166 g/mol. The minimum atomic E-state index is -0.872. The molecule has 3 nitrogen and oxygen atoms in total. The molecule has 1 aliphatic carbocycles. The number of hydrogen-bond acceptors (Lipinski definition) is 2. The van der Waals surface area contributed by atoms with Crippen LogP contribution >= 0.6 is 0 Å². The predicted molar refractivity (Wildman–Crippen MR) is 48.7 cm³/mol. The van der Waals surface area contributed by atoms with E-state index < -0.39 is 5.97 Å². The molecule has 3 heteroatoms. The molecule has 0 bridgehead atoms. The number of nitrogens with two attached hydrogens (primary N) is 1. The summed E-state index contributed by atoms with van der Waals surface area (Å²) >= 11 is 0. The fraction of sp³-hybridized carbons (Fsp3) is 0.300. The van der Waals surface area contributed by atoms with Crippen molar-refractivity contribution in [2.45, 2.75) is 18.9 Å². The van der Waals surface area contributed by atoms with Crippen molar-refractivity contribution >= 4 is 5.97 Å². The minimum Gasteiger partial charge on any atom is -0.478 e. The highest BCUT2D eigenvalue weighted by Crippen LogP contribution is 2.29.